The second-order valence-electron chi connectivity index (χ2n) is 13.7. The van der Waals surface area contributed by atoms with Crippen molar-refractivity contribution in [2.45, 2.75) is 0 Å². The minimum atomic E-state index is 0.885. The Hall–Kier alpha value is -7.16. The van der Waals surface area contributed by atoms with E-state index in [0.29, 0.717) is 0 Å². The molecule has 10 aromatic rings. The molecule has 2 nitrogen and oxygen atoms in total. The highest BCUT2D eigenvalue weighted by molar-refractivity contribution is 6.07. The Bertz CT molecular complexity index is 2920. The maximum atomic E-state index is 6.23. The summed E-state index contributed by atoms with van der Waals surface area (Å²) in [6.07, 6.45) is 0. The van der Waals surface area contributed by atoms with E-state index in [4.69, 9.17) is 4.42 Å². The summed E-state index contributed by atoms with van der Waals surface area (Å²) in [5.41, 5.74) is 14.6. The smallest absolute Gasteiger partial charge is 0.135 e. The van der Waals surface area contributed by atoms with Gasteiger partial charge in [-0.3, -0.25) is 0 Å². The Kier molecular flexibility index (Phi) is 7.85. The summed E-state index contributed by atoms with van der Waals surface area (Å²) in [5, 5.41) is 4.63. The molecule has 0 amide bonds. The number of rotatable bonds is 7. The van der Waals surface area contributed by atoms with Crippen molar-refractivity contribution >= 4 is 49.8 Å². The summed E-state index contributed by atoms with van der Waals surface area (Å²) in [4.78, 5) is 2.35. The summed E-state index contributed by atoms with van der Waals surface area (Å²) < 4.78 is 6.23. The highest BCUT2D eigenvalue weighted by atomic mass is 16.3. The molecular weight excluding hydrogens is 655 g/mol. The third kappa shape index (κ3) is 5.62. The molecule has 0 aliphatic heterocycles. The number of fused-ring (bicyclic) bond motifs is 4. The first-order valence-corrected chi connectivity index (χ1v) is 18.4. The van der Waals surface area contributed by atoms with Crippen molar-refractivity contribution in [3.8, 4) is 44.5 Å². The van der Waals surface area contributed by atoms with E-state index in [1.54, 1.807) is 0 Å². The number of anilines is 3. The van der Waals surface area contributed by atoms with Gasteiger partial charge in [0.25, 0.3) is 0 Å². The van der Waals surface area contributed by atoms with Crippen LogP contribution in [0, 0.1) is 0 Å². The first-order chi connectivity index (χ1) is 26.8. The fourth-order valence-electron chi connectivity index (χ4n) is 7.92. The number of hydrogen-bond acceptors (Lipinski definition) is 2. The highest BCUT2D eigenvalue weighted by Crippen LogP contribution is 2.45. The van der Waals surface area contributed by atoms with Crippen LogP contribution in [0.4, 0.5) is 17.1 Å². The minimum Gasteiger partial charge on any atom is -0.456 e. The van der Waals surface area contributed by atoms with Crippen LogP contribution >= 0.6 is 0 Å². The van der Waals surface area contributed by atoms with E-state index in [-0.39, 0.29) is 0 Å². The second-order valence-corrected chi connectivity index (χ2v) is 13.7. The number of furan rings is 1. The van der Waals surface area contributed by atoms with Crippen molar-refractivity contribution < 1.29 is 4.42 Å². The molecular formula is C52H35NO. The van der Waals surface area contributed by atoms with Crippen LogP contribution in [0.2, 0.25) is 0 Å². The molecule has 0 spiro atoms. The van der Waals surface area contributed by atoms with E-state index < -0.39 is 0 Å². The van der Waals surface area contributed by atoms with E-state index >= 15 is 0 Å². The lowest BCUT2D eigenvalue weighted by Gasteiger charge is -2.26. The van der Waals surface area contributed by atoms with E-state index in [0.717, 1.165) is 44.6 Å². The summed E-state index contributed by atoms with van der Waals surface area (Å²) in [5.74, 6) is 0. The first kappa shape index (κ1) is 31.6. The van der Waals surface area contributed by atoms with Gasteiger partial charge in [-0.05, 0) is 104 Å². The van der Waals surface area contributed by atoms with Crippen molar-refractivity contribution in [2.75, 3.05) is 4.90 Å². The molecule has 1 aromatic heterocycles. The number of benzene rings is 9. The molecule has 0 bridgehead atoms. The molecule has 9 aromatic carbocycles. The minimum absolute atomic E-state index is 0.885. The molecule has 10 rings (SSSR count). The lowest BCUT2D eigenvalue weighted by molar-refractivity contribution is 0.669. The van der Waals surface area contributed by atoms with Crippen LogP contribution < -0.4 is 4.90 Å². The number of hydrogen-bond donors (Lipinski definition) is 0. The Balaban J connectivity index is 1.15. The third-order valence-corrected chi connectivity index (χ3v) is 10.5. The monoisotopic (exact) mass is 689 g/mol. The summed E-state index contributed by atoms with van der Waals surface area (Å²) in [6, 6.07) is 76.0. The Morgan fingerprint density at radius 2 is 0.815 bits per heavy atom. The maximum Gasteiger partial charge on any atom is 0.135 e. The molecule has 0 radical (unpaired) electrons. The van der Waals surface area contributed by atoms with Crippen molar-refractivity contribution in [3.63, 3.8) is 0 Å². The molecule has 1 heterocycles. The average molecular weight is 690 g/mol. The van der Waals surface area contributed by atoms with Crippen molar-refractivity contribution in [1.29, 1.82) is 0 Å². The lowest BCUT2D eigenvalue weighted by Crippen LogP contribution is -2.09. The fourth-order valence-corrected chi connectivity index (χ4v) is 7.92. The van der Waals surface area contributed by atoms with Crippen LogP contribution in [-0.2, 0) is 0 Å². The van der Waals surface area contributed by atoms with Gasteiger partial charge >= 0.3 is 0 Å². The molecule has 0 aliphatic carbocycles. The normalized spacial score (nSPS) is 11.3. The lowest BCUT2D eigenvalue weighted by atomic mass is 9.84. The molecule has 2 heteroatoms. The van der Waals surface area contributed by atoms with Crippen LogP contribution in [-0.4, -0.2) is 0 Å². The predicted octanol–water partition coefficient (Wildman–Crippen LogP) is 14.9. The first-order valence-electron chi connectivity index (χ1n) is 18.4. The largest absolute Gasteiger partial charge is 0.456 e. The van der Waals surface area contributed by atoms with Gasteiger partial charge in [0.15, 0.2) is 0 Å². The molecule has 0 fully saturated rings. The van der Waals surface area contributed by atoms with Gasteiger partial charge in [-0.15, -0.1) is 0 Å². The van der Waals surface area contributed by atoms with Gasteiger partial charge in [-0.1, -0.05) is 164 Å². The van der Waals surface area contributed by atoms with Crippen LogP contribution in [0.15, 0.2) is 217 Å². The van der Waals surface area contributed by atoms with Gasteiger partial charge in [0.1, 0.15) is 11.2 Å². The number of nitrogens with zero attached hydrogens (tertiary/aromatic N) is 1. The Labute approximate surface area is 314 Å². The zero-order valence-corrected chi connectivity index (χ0v) is 29.6. The molecule has 0 atom stereocenters. The predicted molar refractivity (Wildman–Crippen MR) is 228 cm³/mol. The van der Waals surface area contributed by atoms with E-state index in [1.165, 1.54) is 49.7 Å². The molecule has 0 saturated heterocycles. The third-order valence-electron chi connectivity index (χ3n) is 10.5. The van der Waals surface area contributed by atoms with Crippen LogP contribution in [0.3, 0.4) is 0 Å². The van der Waals surface area contributed by atoms with E-state index in [2.05, 4.69) is 205 Å². The zero-order chi connectivity index (χ0) is 35.8. The van der Waals surface area contributed by atoms with Crippen molar-refractivity contribution in [2.24, 2.45) is 0 Å². The summed E-state index contributed by atoms with van der Waals surface area (Å²) in [7, 11) is 0. The zero-order valence-electron chi connectivity index (χ0n) is 29.6. The summed E-state index contributed by atoms with van der Waals surface area (Å²) in [6.45, 7) is 0. The molecule has 54 heavy (non-hydrogen) atoms. The van der Waals surface area contributed by atoms with Gasteiger partial charge in [-0.2, -0.15) is 0 Å². The van der Waals surface area contributed by atoms with Gasteiger partial charge < -0.3 is 9.32 Å². The van der Waals surface area contributed by atoms with Gasteiger partial charge in [0, 0.05) is 27.8 Å². The average Bonchev–Trinajstić information content (AvgIpc) is 3.62. The van der Waals surface area contributed by atoms with E-state index in [9.17, 15) is 0 Å². The molecule has 254 valence electrons. The van der Waals surface area contributed by atoms with Crippen LogP contribution in [0.25, 0.3) is 77.2 Å². The van der Waals surface area contributed by atoms with Gasteiger partial charge in [0.05, 0.1) is 0 Å². The SMILES string of the molecule is c1ccc(-c2ccccc2-c2c(-c3ccccc3)cccc2-c2ccc(N(c3ccc4ccccc4c3)c3ccc4oc5ccccc5c4c3)cc2)cc1. The molecule has 0 N–H and O–H groups in total. The quantitative estimate of drug-likeness (QED) is 0.166. The standard InChI is InChI=1S/C52H35NO/c1-3-15-37(16-4-1)44-20-9-10-22-48(44)52-45(38-17-5-2-6-18-38)23-13-24-46(52)39-27-29-41(30-28-39)53(42-31-26-36-14-7-8-19-40(36)34-42)43-32-33-51-49(35-43)47-21-11-12-25-50(47)54-51/h1-35H. The van der Waals surface area contributed by atoms with Crippen LogP contribution in [0.1, 0.15) is 0 Å². The molecule has 0 saturated carbocycles. The van der Waals surface area contributed by atoms with Crippen molar-refractivity contribution in [3.05, 3.63) is 212 Å². The Morgan fingerprint density at radius 1 is 0.296 bits per heavy atom. The van der Waals surface area contributed by atoms with Crippen molar-refractivity contribution in [1.82, 2.24) is 0 Å². The fraction of sp³-hybridized carbons (Fsp3) is 0. The van der Waals surface area contributed by atoms with E-state index in [1.807, 2.05) is 12.1 Å². The topological polar surface area (TPSA) is 16.4 Å². The molecule has 0 unspecified atom stereocenters. The van der Waals surface area contributed by atoms with Gasteiger partial charge in [0.2, 0.25) is 0 Å². The Morgan fingerprint density at radius 3 is 1.57 bits per heavy atom. The highest BCUT2D eigenvalue weighted by Gasteiger charge is 2.20. The number of para-hydroxylation sites is 1. The second kappa shape index (κ2) is 13.4. The van der Waals surface area contributed by atoms with Crippen LogP contribution in [0.5, 0.6) is 0 Å². The molecule has 0 aliphatic rings. The summed E-state index contributed by atoms with van der Waals surface area (Å²) >= 11 is 0. The maximum absolute atomic E-state index is 6.23. The van der Waals surface area contributed by atoms with Gasteiger partial charge in [-0.25, -0.2) is 0 Å².